The van der Waals surface area contributed by atoms with Gasteiger partial charge >= 0.3 is 0 Å². The molecule has 0 aliphatic carbocycles. The summed E-state index contributed by atoms with van der Waals surface area (Å²) in [5.41, 5.74) is 2.46. The molecule has 2 aromatic rings. The van der Waals surface area contributed by atoms with Crippen molar-refractivity contribution in [3.05, 3.63) is 35.3 Å². The maximum Gasteiger partial charge on any atom is 0.186 e. The van der Waals surface area contributed by atoms with E-state index in [1.807, 2.05) is 15.8 Å². The molecule has 3 rings (SSSR count). The SMILES string of the molecule is Cc1nc(C)c(F)c(N2CCC=C(c3cn(C(C)C)nn3)CC2)n1. The summed E-state index contributed by atoms with van der Waals surface area (Å²) >= 11 is 0. The predicted octanol–water partition coefficient (Wildman–Crippen LogP) is 3.09. The van der Waals surface area contributed by atoms with Gasteiger partial charge in [0.15, 0.2) is 11.6 Å². The molecular weight excluding hydrogens is 307 g/mol. The summed E-state index contributed by atoms with van der Waals surface area (Å²) in [6, 6.07) is 0.287. The van der Waals surface area contributed by atoms with E-state index in [-0.39, 0.29) is 11.9 Å². The molecule has 2 aromatic heterocycles. The molecule has 128 valence electrons. The van der Waals surface area contributed by atoms with E-state index < -0.39 is 0 Å². The molecule has 1 aliphatic heterocycles. The second kappa shape index (κ2) is 6.67. The Morgan fingerprint density at radius 1 is 1.17 bits per heavy atom. The van der Waals surface area contributed by atoms with Crippen molar-refractivity contribution in [1.82, 2.24) is 25.0 Å². The number of hydrogen-bond acceptors (Lipinski definition) is 5. The van der Waals surface area contributed by atoms with Crippen LogP contribution in [0.1, 0.15) is 49.9 Å². The molecule has 0 fully saturated rings. The van der Waals surface area contributed by atoms with Gasteiger partial charge in [0.05, 0.1) is 11.9 Å². The van der Waals surface area contributed by atoms with Crippen LogP contribution in [0.2, 0.25) is 0 Å². The number of hydrogen-bond donors (Lipinski definition) is 0. The van der Waals surface area contributed by atoms with Crippen molar-refractivity contribution in [2.75, 3.05) is 18.0 Å². The fourth-order valence-corrected chi connectivity index (χ4v) is 2.88. The molecule has 24 heavy (non-hydrogen) atoms. The Morgan fingerprint density at radius 2 is 1.96 bits per heavy atom. The minimum atomic E-state index is -0.324. The molecule has 0 saturated carbocycles. The monoisotopic (exact) mass is 330 g/mol. The van der Waals surface area contributed by atoms with Crippen LogP contribution in [0.4, 0.5) is 10.2 Å². The van der Waals surface area contributed by atoms with Crippen LogP contribution in [-0.2, 0) is 0 Å². The van der Waals surface area contributed by atoms with Gasteiger partial charge in [-0.25, -0.2) is 19.0 Å². The number of anilines is 1. The van der Waals surface area contributed by atoms with Crippen LogP contribution in [-0.4, -0.2) is 38.1 Å². The Kier molecular flexibility index (Phi) is 4.59. The second-order valence-electron chi connectivity index (χ2n) is 6.43. The largest absolute Gasteiger partial charge is 0.353 e. The first-order valence-electron chi connectivity index (χ1n) is 8.32. The topological polar surface area (TPSA) is 59.7 Å². The van der Waals surface area contributed by atoms with Crippen molar-refractivity contribution in [3.63, 3.8) is 0 Å². The third kappa shape index (κ3) is 3.29. The fraction of sp³-hybridized carbons (Fsp3) is 0.529. The van der Waals surface area contributed by atoms with Gasteiger partial charge in [-0.1, -0.05) is 11.3 Å². The quantitative estimate of drug-likeness (QED) is 0.865. The summed E-state index contributed by atoms with van der Waals surface area (Å²) in [6.45, 7) is 9.05. The third-order valence-corrected chi connectivity index (χ3v) is 4.22. The maximum absolute atomic E-state index is 14.4. The van der Waals surface area contributed by atoms with Gasteiger partial charge in [-0.2, -0.15) is 0 Å². The molecule has 0 atom stereocenters. The van der Waals surface area contributed by atoms with E-state index in [1.54, 1.807) is 13.8 Å². The van der Waals surface area contributed by atoms with Crippen molar-refractivity contribution in [3.8, 4) is 0 Å². The van der Waals surface area contributed by atoms with E-state index in [0.717, 1.165) is 30.7 Å². The minimum Gasteiger partial charge on any atom is -0.353 e. The Bertz CT molecular complexity index is 764. The van der Waals surface area contributed by atoms with E-state index in [0.29, 0.717) is 23.9 Å². The molecule has 0 amide bonds. The van der Waals surface area contributed by atoms with Crippen LogP contribution >= 0.6 is 0 Å². The smallest absolute Gasteiger partial charge is 0.186 e. The lowest BCUT2D eigenvalue weighted by Crippen LogP contribution is -2.27. The Hall–Kier alpha value is -2.31. The zero-order valence-electron chi connectivity index (χ0n) is 14.6. The number of aryl methyl sites for hydroxylation is 2. The lowest BCUT2D eigenvalue weighted by atomic mass is 10.1. The molecule has 0 radical (unpaired) electrons. The zero-order chi connectivity index (χ0) is 17.3. The van der Waals surface area contributed by atoms with Crippen molar-refractivity contribution in [2.45, 2.75) is 46.6 Å². The molecule has 3 heterocycles. The molecular formula is C17H23FN6. The molecule has 1 aliphatic rings. The molecule has 0 N–H and O–H groups in total. The molecule has 0 unspecified atom stereocenters. The summed E-state index contributed by atoms with van der Waals surface area (Å²) in [7, 11) is 0. The molecule has 6 nitrogen and oxygen atoms in total. The van der Waals surface area contributed by atoms with Crippen molar-refractivity contribution < 1.29 is 4.39 Å². The van der Waals surface area contributed by atoms with Gasteiger partial charge in [0.2, 0.25) is 0 Å². The normalized spacial score (nSPS) is 15.6. The van der Waals surface area contributed by atoms with Crippen LogP contribution in [0.25, 0.3) is 5.57 Å². The lowest BCUT2D eigenvalue weighted by molar-refractivity contribution is 0.514. The zero-order valence-corrected chi connectivity index (χ0v) is 14.6. The Labute approximate surface area is 141 Å². The molecule has 0 bridgehead atoms. The van der Waals surface area contributed by atoms with E-state index >= 15 is 0 Å². The summed E-state index contributed by atoms with van der Waals surface area (Å²) in [5.74, 6) is 0.677. The highest BCUT2D eigenvalue weighted by atomic mass is 19.1. The van der Waals surface area contributed by atoms with Crippen LogP contribution in [0.3, 0.4) is 0 Å². The van der Waals surface area contributed by atoms with E-state index in [4.69, 9.17) is 0 Å². The second-order valence-corrected chi connectivity index (χ2v) is 6.43. The third-order valence-electron chi connectivity index (χ3n) is 4.22. The first kappa shape index (κ1) is 16.5. The van der Waals surface area contributed by atoms with Gasteiger partial charge in [0, 0.05) is 19.1 Å². The summed E-state index contributed by atoms with van der Waals surface area (Å²) in [4.78, 5) is 10.4. The fourth-order valence-electron chi connectivity index (χ4n) is 2.88. The first-order valence-corrected chi connectivity index (χ1v) is 8.32. The number of rotatable bonds is 3. The van der Waals surface area contributed by atoms with E-state index in [1.165, 1.54) is 0 Å². The highest BCUT2D eigenvalue weighted by Gasteiger charge is 2.20. The van der Waals surface area contributed by atoms with Gasteiger partial charge in [-0.3, -0.25) is 0 Å². The van der Waals surface area contributed by atoms with Crippen LogP contribution in [0, 0.1) is 19.7 Å². The molecule has 0 saturated heterocycles. The van der Waals surface area contributed by atoms with Crippen molar-refractivity contribution >= 4 is 11.4 Å². The molecule has 7 heteroatoms. The highest BCUT2D eigenvalue weighted by Crippen LogP contribution is 2.25. The van der Waals surface area contributed by atoms with Gasteiger partial charge in [-0.15, -0.1) is 5.10 Å². The van der Waals surface area contributed by atoms with E-state index in [9.17, 15) is 4.39 Å². The molecule has 0 spiro atoms. The predicted molar refractivity (Wildman–Crippen MR) is 91.3 cm³/mol. The van der Waals surface area contributed by atoms with Crippen molar-refractivity contribution in [2.24, 2.45) is 0 Å². The standard InChI is InChI=1S/C17H23FN6/c1-11(2)24-10-15(21-22-24)14-6-5-8-23(9-7-14)17-16(18)12(3)19-13(4)20-17/h6,10-11H,5,7-9H2,1-4H3. The van der Waals surface area contributed by atoms with Gasteiger partial charge < -0.3 is 4.90 Å². The lowest BCUT2D eigenvalue weighted by Gasteiger charge is -2.22. The van der Waals surface area contributed by atoms with Crippen molar-refractivity contribution in [1.29, 1.82) is 0 Å². The summed E-state index contributed by atoms with van der Waals surface area (Å²) < 4.78 is 16.3. The van der Waals surface area contributed by atoms with Crippen LogP contribution in [0.15, 0.2) is 12.3 Å². The average molecular weight is 330 g/mol. The Balaban J connectivity index is 1.78. The molecule has 0 aromatic carbocycles. The van der Waals surface area contributed by atoms with Gasteiger partial charge in [0.25, 0.3) is 0 Å². The summed E-state index contributed by atoms with van der Waals surface area (Å²) in [6.07, 6.45) is 5.77. The first-order chi connectivity index (χ1) is 11.5. The maximum atomic E-state index is 14.4. The minimum absolute atomic E-state index is 0.287. The number of aromatic nitrogens is 5. The van der Waals surface area contributed by atoms with Crippen LogP contribution in [0.5, 0.6) is 0 Å². The van der Waals surface area contributed by atoms with E-state index in [2.05, 4.69) is 40.2 Å². The number of halogens is 1. The summed E-state index contributed by atoms with van der Waals surface area (Å²) in [5, 5.41) is 8.44. The Morgan fingerprint density at radius 3 is 2.67 bits per heavy atom. The number of nitrogens with zero attached hydrogens (tertiary/aromatic N) is 6. The highest BCUT2D eigenvalue weighted by molar-refractivity contribution is 5.63. The average Bonchev–Trinajstić information content (AvgIpc) is 2.90. The van der Waals surface area contributed by atoms with Gasteiger partial charge in [0.1, 0.15) is 11.5 Å². The van der Waals surface area contributed by atoms with Crippen LogP contribution < -0.4 is 4.90 Å². The van der Waals surface area contributed by atoms with Gasteiger partial charge in [-0.05, 0) is 46.1 Å².